The molecule has 2 rings (SSSR count). The second-order valence-corrected chi connectivity index (χ2v) is 5.18. The third kappa shape index (κ3) is 6.07. The Morgan fingerprint density at radius 1 is 1.20 bits per heavy atom. The van der Waals surface area contributed by atoms with Crippen LogP contribution in [0.5, 0.6) is 5.88 Å². The fourth-order valence-corrected chi connectivity index (χ4v) is 2.04. The summed E-state index contributed by atoms with van der Waals surface area (Å²) in [6.45, 7) is -0.997. The Kier molecular flexibility index (Phi) is 6.35. The predicted octanol–water partition coefficient (Wildman–Crippen LogP) is 3.10. The van der Waals surface area contributed by atoms with E-state index < -0.39 is 12.8 Å². The van der Waals surface area contributed by atoms with Gasteiger partial charge in [-0.2, -0.15) is 13.2 Å². The van der Waals surface area contributed by atoms with Crippen LogP contribution in [0.1, 0.15) is 21.5 Å². The van der Waals surface area contributed by atoms with Crippen molar-refractivity contribution in [2.45, 2.75) is 19.3 Å². The van der Waals surface area contributed by atoms with E-state index in [1.54, 1.807) is 43.5 Å². The molecule has 1 aromatic carbocycles. The molecule has 0 saturated carbocycles. The van der Waals surface area contributed by atoms with Crippen LogP contribution in [0, 0.1) is 0 Å². The molecule has 25 heavy (non-hydrogen) atoms. The van der Waals surface area contributed by atoms with Gasteiger partial charge in [0.2, 0.25) is 5.88 Å². The first-order valence-corrected chi connectivity index (χ1v) is 7.38. The number of alkyl halides is 3. The zero-order chi connectivity index (χ0) is 18.3. The van der Waals surface area contributed by atoms with Crippen molar-refractivity contribution < 1.29 is 27.4 Å². The normalized spacial score (nSPS) is 11.2. The molecule has 5 nitrogen and oxygen atoms in total. The van der Waals surface area contributed by atoms with Gasteiger partial charge in [0.25, 0.3) is 5.91 Å². The van der Waals surface area contributed by atoms with E-state index >= 15 is 0 Å². The Balaban J connectivity index is 1.97. The predicted molar refractivity (Wildman–Crippen MR) is 84.1 cm³/mol. The highest BCUT2D eigenvalue weighted by atomic mass is 19.4. The van der Waals surface area contributed by atoms with E-state index in [2.05, 4.69) is 15.0 Å². The van der Waals surface area contributed by atoms with Crippen LogP contribution >= 0.6 is 0 Å². The second-order valence-electron chi connectivity index (χ2n) is 5.18. The van der Waals surface area contributed by atoms with E-state index in [0.717, 1.165) is 5.56 Å². The minimum absolute atomic E-state index is 0.000311. The lowest BCUT2D eigenvalue weighted by atomic mass is 10.1. The van der Waals surface area contributed by atoms with E-state index in [9.17, 15) is 18.0 Å². The number of nitrogens with one attached hydrogen (secondary N) is 1. The summed E-state index contributed by atoms with van der Waals surface area (Å²) in [7, 11) is 1.58. The second kappa shape index (κ2) is 8.48. The maximum Gasteiger partial charge on any atom is 0.422 e. The number of aromatic nitrogens is 1. The van der Waals surface area contributed by atoms with E-state index in [1.165, 1.54) is 6.20 Å². The number of ether oxygens (including phenoxy) is 2. The number of pyridine rings is 1. The topological polar surface area (TPSA) is 60.5 Å². The molecule has 0 unspecified atom stereocenters. The van der Waals surface area contributed by atoms with Crippen LogP contribution < -0.4 is 10.1 Å². The first-order chi connectivity index (χ1) is 11.9. The lowest BCUT2D eigenvalue weighted by Gasteiger charge is -2.12. The summed E-state index contributed by atoms with van der Waals surface area (Å²) < 4.78 is 46.5. The average molecular weight is 354 g/mol. The number of rotatable bonds is 7. The number of hydrogen-bond acceptors (Lipinski definition) is 4. The molecule has 0 fully saturated rings. The van der Waals surface area contributed by atoms with Crippen LogP contribution in [0.4, 0.5) is 13.2 Å². The zero-order valence-corrected chi connectivity index (χ0v) is 13.5. The maximum absolute atomic E-state index is 12.3. The van der Waals surface area contributed by atoms with Gasteiger partial charge in [0.1, 0.15) is 0 Å². The third-order valence-corrected chi connectivity index (χ3v) is 3.19. The lowest BCUT2D eigenvalue weighted by Crippen LogP contribution is -2.24. The number of carbonyl (C=O) groups is 1. The summed E-state index contributed by atoms with van der Waals surface area (Å²) in [5, 5.41) is 2.63. The molecule has 0 bridgehead atoms. The van der Waals surface area contributed by atoms with Gasteiger partial charge < -0.3 is 14.8 Å². The summed E-state index contributed by atoms with van der Waals surface area (Å²) in [6.07, 6.45) is -3.13. The fourth-order valence-electron chi connectivity index (χ4n) is 2.04. The van der Waals surface area contributed by atoms with Gasteiger partial charge >= 0.3 is 6.18 Å². The molecule has 0 radical (unpaired) electrons. The van der Waals surface area contributed by atoms with Crippen molar-refractivity contribution >= 4 is 5.91 Å². The molecule has 1 aromatic heterocycles. The molecule has 1 amide bonds. The van der Waals surface area contributed by atoms with Gasteiger partial charge in [-0.05, 0) is 23.8 Å². The smallest absolute Gasteiger partial charge is 0.422 e. The van der Waals surface area contributed by atoms with Crippen molar-refractivity contribution in [1.82, 2.24) is 10.3 Å². The van der Waals surface area contributed by atoms with Crippen molar-refractivity contribution in [3.05, 3.63) is 59.3 Å². The summed E-state index contributed by atoms with van der Waals surface area (Å²) >= 11 is 0. The van der Waals surface area contributed by atoms with Gasteiger partial charge in [-0.1, -0.05) is 18.2 Å². The Labute approximate surface area is 142 Å². The number of benzene rings is 1. The minimum atomic E-state index is -4.46. The van der Waals surface area contributed by atoms with E-state index in [0.29, 0.717) is 17.7 Å². The summed E-state index contributed by atoms with van der Waals surface area (Å²) in [5.74, 6) is -0.509. The molecule has 134 valence electrons. The zero-order valence-electron chi connectivity index (χ0n) is 13.5. The molecule has 0 saturated heterocycles. The summed E-state index contributed by atoms with van der Waals surface area (Å²) in [5.41, 5.74) is 1.71. The number of hydrogen-bond donors (Lipinski definition) is 1. The van der Waals surface area contributed by atoms with Crippen LogP contribution in [-0.2, 0) is 17.9 Å². The van der Waals surface area contributed by atoms with Crippen molar-refractivity contribution in [3.63, 3.8) is 0 Å². The van der Waals surface area contributed by atoms with Crippen LogP contribution in [0.2, 0.25) is 0 Å². The molecule has 0 spiro atoms. The molecule has 1 N–H and O–H groups in total. The summed E-state index contributed by atoms with van der Waals surface area (Å²) in [6, 6.07) is 9.92. The average Bonchev–Trinajstić information content (AvgIpc) is 2.59. The molecule has 8 heteroatoms. The van der Waals surface area contributed by atoms with Crippen LogP contribution in [0.3, 0.4) is 0 Å². The molecule has 1 heterocycles. The van der Waals surface area contributed by atoms with E-state index in [1.807, 2.05) is 0 Å². The van der Waals surface area contributed by atoms with Gasteiger partial charge in [-0.15, -0.1) is 0 Å². The quantitative estimate of drug-likeness (QED) is 0.830. The van der Waals surface area contributed by atoms with Gasteiger partial charge in [0.05, 0.1) is 6.61 Å². The molecular formula is C17H17F3N2O3. The van der Waals surface area contributed by atoms with E-state index in [-0.39, 0.29) is 18.3 Å². The van der Waals surface area contributed by atoms with Crippen molar-refractivity contribution in [1.29, 1.82) is 0 Å². The minimum Gasteiger partial charge on any atom is -0.468 e. The standard InChI is InChI=1S/C17H17F3N2O3/c1-24-10-12-4-6-13(7-5-12)15(23)22-9-14-3-2-8-21-16(14)25-11-17(18,19)20/h2-8H,9-11H2,1H3,(H,22,23). The number of amides is 1. The Morgan fingerprint density at radius 2 is 1.92 bits per heavy atom. The molecular weight excluding hydrogens is 337 g/mol. The van der Waals surface area contributed by atoms with Gasteiger partial charge in [-0.3, -0.25) is 4.79 Å². The van der Waals surface area contributed by atoms with Gasteiger partial charge in [-0.25, -0.2) is 4.98 Å². The van der Waals surface area contributed by atoms with Crippen LogP contribution in [0.25, 0.3) is 0 Å². The third-order valence-electron chi connectivity index (χ3n) is 3.19. The highest BCUT2D eigenvalue weighted by Gasteiger charge is 2.29. The van der Waals surface area contributed by atoms with E-state index in [4.69, 9.17) is 4.74 Å². The number of methoxy groups -OCH3 is 1. The largest absolute Gasteiger partial charge is 0.468 e. The lowest BCUT2D eigenvalue weighted by molar-refractivity contribution is -0.154. The van der Waals surface area contributed by atoms with Crippen molar-refractivity contribution in [3.8, 4) is 5.88 Å². The molecule has 0 aliphatic heterocycles. The highest BCUT2D eigenvalue weighted by molar-refractivity contribution is 5.94. The fraction of sp³-hybridized carbons (Fsp3) is 0.294. The van der Waals surface area contributed by atoms with Crippen molar-refractivity contribution in [2.75, 3.05) is 13.7 Å². The Morgan fingerprint density at radius 3 is 2.56 bits per heavy atom. The highest BCUT2D eigenvalue weighted by Crippen LogP contribution is 2.20. The molecule has 2 aromatic rings. The van der Waals surface area contributed by atoms with Gasteiger partial charge in [0, 0.05) is 31.0 Å². The van der Waals surface area contributed by atoms with Crippen molar-refractivity contribution in [2.24, 2.45) is 0 Å². The van der Waals surface area contributed by atoms with Gasteiger partial charge in [0.15, 0.2) is 6.61 Å². The number of carbonyl (C=O) groups excluding carboxylic acids is 1. The summed E-state index contributed by atoms with van der Waals surface area (Å²) in [4.78, 5) is 15.9. The maximum atomic E-state index is 12.3. The number of nitrogens with zero attached hydrogens (tertiary/aromatic N) is 1. The SMILES string of the molecule is COCc1ccc(C(=O)NCc2cccnc2OCC(F)(F)F)cc1. The van der Waals surface area contributed by atoms with Crippen LogP contribution in [-0.4, -0.2) is 30.8 Å². The van der Waals surface area contributed by atoms with Crippen LogP contribution in [0.15, 0.2) is 42.6 Å². The molecule has 0 atom stereocenters. The molecule has 0 aliphatic carbocycles. The molecule has 0 aliphatic rings. The Bertz CT molecular complexity index is 703. The first-order valence-electron chi connectivity index (χ1n) is 7.38. The monoisotopic (exact) mass is 354 g/mol. The Hall–Kier alpha value is -2.61. The first kappa shape index (κ1) is 18.7. The number of halogens is 3.